The molecule has 5 rings (SSSR count). The Hall–Kier alpha value is -2.74. The number of rotatable bonds is 5. The molecule has 2 heterocycles. The van der Waals surface area contributed by atoms with Crippen molar-refractivity contribution in [1.29, 1.82) is 0 Å². The summed E-state index contributed by atoms with van der Waals surface area (Å²) >= 11 is 0. The molecule has 0 aromatic heterocycles. The zero-order chi connectivity index (χ0) is 24.4. The third-order valence-corrected chi connectivity index (χ3v) is 9.40. The molecular formula is C28H33N3O3S. The average Bonchev–Trinajstić information content (AvgIpc) is 2.90. The van der Waals surface area contributed by atoms with E-state index in [0.29, 0.717) is 30.8 Å². The van der Waals surface area contributed by atoms with E-state index in [4.69, 9.17) is 0 Å². The molecule has 0 unspecified atom stereocenters. The highest BCUT2D eigenvalue weighted by molar-refractivity contribution is 7.89. The lowest BCUT2D eigenvalue weighted by Crippen LogP contribution is -2.51. The van der Waals surface area contributed by atoms with Gasteiger partial charge in [-0.1, -0.05) is 54.6 Å². The van der Waals surface area contributed by atoms with Crippen molar-refractivity contribution < 1.29 is 13.2 Å². The van der Waals surface area contributed by atoms with Crippen molar-refractivity contribution in [2.45, 2.75) is 31.2 Å². The lowest BCUT2D eigenvalue weighted by atomic mass is 9.96. The summed E-state index contributed by atoms with van der Waals surface area (Å²) in [6.45, 7) is 7.05. The molecule has 35 heavy (non-hydrogen) atoms. The lowest BCUT2D eigenvalue weighted by Gasteiger charge is -2.38. The van der Waals surface area contributed by atoms with Crippen LogP contribution in [0.1, 0.15) is 24.0 Å². The van der Waals surface area contributed by atoms with E-state index in [1.165, 1.54) is 11.1 Å². The standard InChI is InChI=1S/C28H33N3O3S/c1-22-6-2-3-9-26(22)21-29-16-18-30(19-17-29)28(32)24-12-14-31(15-13-24)35(33,34)27-11-10-23-7-4-5-8-25(23)20-27/h2-11,20,24H,12-19,21H2,1H3. The van der Waals surface area contributed by atoms with Crippen LogP contribution >= 0.6 is 0 Å². The molecule has 184 valence electrons. The predicted molar refractivity (Wildman–Crippen MR) is 138 cm³/mol. The van der Waals surface area contributed by atoms with E-state index in [1.54, 1.807) is 16.4 Å². The smallest absolute Gasteiger partial charge is 0.243 e. The van der Waals surface area contributed by atoms with Gasteiger partial charge in [0.2, 0.25) is 15.9 Å². The highest BCUT2D eigenvalue weighted by Gasteiger charge is 2.34. The van der Waals surface area contributed by atoms with E-state index >= 15 is 0 Å². The molecule has 0 bridgehead atoms. The Morgan fingerprint density at radius 1 is 0.829 bits per heavy atom. The zero-order valence-corrected chi connectivity index (χ0v) is 21.1. The van der Waals surface area contributed by atoms with Crippen molar-refractivity contribution >= 4 is 26.7 Å². The van der Waals surface area contributed by atoms with Gasteiger partial charge in [0.05, 0.1) is 4.90 Å². The van der Waals surface area contributed by atoms with Gasteiger partial charge in [-0.05, 0) is 53.8 Å². The van der Waals surface area contributed by atoms with Crippen molar-refractivity contribution in [2.24, 2.45) is 5.92 Å². The van der Waals surface area contributed by atoms with Crippen LogP contribution in [0.4, 0.5) is 0 Å². The number of amides is 1. The maximum atomic E-state index is 13.2. The molecule has 0 spiro atoms. The van der Waals surface area contributed by atoms with E-state index in [-0.39, 0.29) is 11.8 Å². The summed E-state index contributed by atoms with van der Waals surface area (Å²) in [5, 5.41) is 1.94. The van der Waals surface area contributed by atoms with E-state index in [9.17, 15) is 13.2 Å². The Bertz CT molecular complexity index is 1310. The molecule has 0 N–H and O–H groups in total. The summed E-state index contributed by atoms with van der Waals surface area (Å²) in [7, 11) is -3.57. The summed E-state index contributed by atoms with van der Waals surface area (Å²) in [6.07, 6.45) is 1.16. The second kappa shape index (κ2) is 10.1. The topological polar surface area (TPSA) is 60.9 Å². The number of hydrogen-bond acceptors (Lipinski definition) is 4. The molecule has 2 fully saturated rings. The first-order chi connectivity index (χ1) is 16.9. The van der Waals surface area contributed by atoms with Crippen molar-refractivity contribution in [1.82, 2.24) is 14.1 Å². The number of sulfonamides is 1. The number of fused-ring (bicyclic) bond motifs is 1. The third kappa shape index (κ3) is 5.13. The van der Waals surface area contributed by atoms with Crippen molar-refractivity contribution in [3.8, 4) is 0 Å². The molecule has 1 amide bonds. The Balaban J connectivity index is 1.15. The van der Waals surface area contributed by atoms with Crippen molar-refractivity contribution in [3.05, 3.63) is 77.9 Å². The normalized spacial score (nSPS) is 18.7. The summed E-state index contributed by atoms with van der Waals surface area (Å²) in [4.78, 5) is 17.9. The van der Waals surface area contributed by atoms with Crippen LogP contribution < -0.4 is 0 Å². The fraction of sp³-hybridized carbons (Fsp3) is 0.393. The molecule has 6 nitrogen and oxygen atoms in total. The second-order valence-electron chi connectivity index (χ2n) is 9.72. The molecule has 0 saturated carbocycles. The maximum absolute atomic E-state index is 13.2. The van der Waals surface area contributed by atoms with Gasteiger partial charge in [0.25, 0.3) is 0 Å². The van der Waals surface area contributed by atoms with Gasteiger partial charge in [-0.2, -0.15) is 4.31 Å². The number of benzene rings is 3. The van der Waals surface area contributed by atoms with Crippen LogP contribution in [0.2, 0.25) is 0 Å². The molecule has 0 atom stereocenters. The third-order valence-electron chi connectivity index (χ3n) is 7.50. The van der Waals surface area contributed by atoms with Crippen LogP contribution in [-0.4, -0.2) is 67.7 Å². The van der Waals surface area contributed by atoms with E-state index in [0.717, 1.165) is 43.5 Å². The van der Waals surface area contributed by atoms with E-state index in [2.05, 4.69) is 36.1 Å². The highest BCUT2D eigenvalue weighted by Crippen LogP contribution is 2.27. The van der Waals surface area contributed by atoms with Crippen LogP contribution in [0.5, 0.6) is 0 Å². The summed E-state index contributed by atoms with van der Waals surface area (Å²) < 4.78 is 28.0. The molecule has 0 aliphatic carbocycles. The average molecular weight is 492 g/mol. The van der Waals surface area contributed by atoms with Crippen LogP contribution in [0.3, 0.4) is 0 Å². The van der Waals surface area contributed by atoms with Crippen LogP contribution in [0.25, 0.3) is 10.8 Å². The molecule has 7 heteroatoms. The molecule has 3 aromatic carbocycles. The Morgan fingerprint density at radius 3 is 2.20 bits per heavy atom. The first kappa shape index (κ1) is 24.0. The van der Waals surface area contributed by atoms with Gasteiger partial charge in [0, 0.05) is 51.7 Å². The van der Waals surface area contributed by atoms with Gasteiger partial charge in [0.15, 0.2) is 0 Å². The van der Waals surface area contributed by atoms with Gasteiger partial charge in [0.1, 0.15) is 0 Å². The lowest BCUT2D eigenvalue weighted by molar-refractivity contribution is -0.138. The first-order valence-corrected chi connectivity index (χ1v) is 13.9. The summed E-state index contributed by atoms with van der Waals surface area (Å²) in [5.41, 5.74) is 2.64. The fourth-order valence-electron chi connectivity index (χ4n) is 5.23. The molecule has 3 aromatic rings. The maximum Gasteiger partial charge on any atom is 0.243 e. The van der Waals surface area contributed by atoms with E-state index < -0.39 is 10.0 Å². The fourth-order valence-corrected chi connectivity index (χ4v) is 6.74. The number of piperidine rings is 1. The number of carbonyl (C=O) groups is 1. The largest absolute Gasteiger partial charge is 0.340 e. The van der Waals surface area contributed by atoms with Gasteiger partial charge < -0.3 is 4.90 Å². The highest BCUT2D eigenvalue weighted by atomic mass is 32.2. The zero-order valence-electron chi connectivity index (χ0n) is 20.3. The van der Waals surface area contributed by atoms with Gasteiger partial charge in [-0.15, -0.1) is 0 Å². The number of aryl methyl sites for hydroxylation is 1. The van der Waals surface area contributed by atoms with Gasteiger partial charge in [-0.3, -0.25) is 9.69 Å². The SMILES string of the molecule is Cc1ccccc1CN1CCN(C(=O)C2CCN(S(=O)(=O)c3ccc4ccccc4c3)CC2)CC1. The molecule has 2 aliphatic heterocycles. The van der Waals surface area contributed by atoms with E-state index in [1.807, 2.05) is 35.2 Å². The monoisotopic (exact) mass is 491 g/mol. The Labute approximate surface area is 208 Å². The van der Waals surface area contributed by atoms with Gasteiger partial charge in [-0.25, -0.2) is 8.42 Å². The Kier molecular flexibility index (Phi) is 6.91. The van der Waals surface area contributed by atoms with Crippen LogP contribution in [-0.2, 0) is 21.4 Å². The molecular weight excluding hydrogens is 458 g/mol. The first-order valence-electron chi connectivity index (χ1n) is 12.5. The molecule has 2 saturated heterocycles. The minimum atomic E-state index is -3.57. The predicted octanol–water partition coefficient (Wildman–Crippen LogP) is 3.89. The summed E-state index contributed by atoms with van der Waals surface area (Å²) in [6, 6.07) is 21.5. The second-order valence-corrected chi connectivity index (χ2v) is 11.7. The minimum absolute atomic E-state index is 0.0963. The van der Waals surface area contributed by atoms with Crippen LogP contribution in [0, 0.1) is 12.8 Å². The number of nitrogens with zero attached hydrogens (tertiary/aromatic N) is 3. The van der Waals surface area contributed by atoms with Crippen molar-refractivity contribution in [2.75, 3.05) is 39.3 Å². The minimum Gasteiger partial charge on any atom is -0.340 e. The molecule has 2 aliphatic rings. The van der Waals surface area contributed by atoms with Gasteiger partial charge >= 0.3 is 0 Å². The summed E-state index contributed by atoms with van der Waals surface area (Å²) in [5.74, 6) is 0.0873. The molecule has 0 radical (unpaired) electrons. The Morgan fingerprint density at radius 2 is 1.49 bits per heavy atom. The van der Waals surface area contributed by atoms with Crippen molar-refractivity contribution in [3.63, 3.8) is 0 Å². The quantitative estimate of drug-likeness (QED) is 0.543. The van der Waals surface area contributed by atoms with Crippen LogP contribution in [0.15, 0.2) is 71.6 Å². The number of carbonyl (C=O) groups excluding carboxylic acids is 1. The number of piperazine rings is 1. The number of hydrogen-bond donors (Lipinski definition) is 0.